The molecule has 4 atom stereocenters. The minimum Gasteiger partial charge on any atom is -0.481 e. The van der Waals surface area contributed by atoms with Gasteiger partial charge < -0.3 is 5.11 Å². The van der Waals surface area contributed by atoms with Crippen molar-refractivity contribution in [1.29, 1.82) is 5.26 Å². The Bertz CT molecular complexity index is 517. The van der Waals surface area contributed by atoms with Gasteiger partial charge in [-0.2, -0.15) is 5.26 Å². The lowest BCUT2D eigenvalue weighted by Crippen LogP contribution is -2.43. The van der Waals surface area contributed by atoms with Crippen molar-refractivity contribution in [3.8, 4) is 6.07 Å². The third kappa shape index (κ3) is 7.30. The fourth-order valence-corrected chi connectivity index (χ4v) is 6.62. The molecule has 0 aliphatic heterocycles. The first-order valence-electron chi connectivity index (χ1n) is 12.6. The van der Waals surface area contributed by atoms with Crippen molar-refractivity contribution in [3.05, 3.63) is 0 Å². The maximum absolute atomic E-state index is 11.4. The summed E-state index contributed by atoms with van der Waals surface area (Å²) in [6.07, 6.45) is 20.7. The van der Waals surface area contributed by atoms with E-state index in [0.29, 0.717) is 17.3 Å². The van der Waals surface area contributed by atoms with Crippen LogP contribution in [0.15, 0.2) is 0 Å². The van der Waals surface area contributed by atoms with Gasteiger partial charge in [0, 0.05) is 12.3 Å². The van der Waals surface area contributed by atoms with E-state index in [1.165, 1.54) is 83.5 Å². The summed E-state index contributed by atoms with van der Waals surface area (Å²) in [5.74, 6) is 0.781. The minimum absolute atomic E-state index is 0.182. The quantitative estimate of drug-likeness (QED) is 0.339. The molecule has 0 spiro atoms. The lowest BCUT2D eigenvalue weighted by atomic mass is 9.53. The standard InChI is InChI=1S/C26H45NO2/c1-3-4-5-6-7-8-10-15-26(16-11-9-12-17-26)24-19-22(20-27)13-14-23(24)21(2)18-25(28)29/h21-24H,3-19H2,1-2H3,(H,28,29). The molecule has 2 rings (SSSR count). The number of nitrogens with zero attached hydrogens (tertiary/aromatic N) is 1. The molecule has 4 unspecified atom stereocenters. The Hall–Kier alpha value is -1.04. The molecule has 3 heteroatoms. The van der Waals surface area contributed by atoms with Crippen LogP contribution in [0.2, 0.25) is 0 Å². The van der Waals surface area contributed by atoms with E-state index in [0.717, 1.165) is 19.3 Å². The van der Waals surface area contributed by atoms with E-state index in [1.54, 1.807) is 0 Å². The normalized spacial score (nSPS) is 27.8. The smallest absolute Gasteiger partial charge is 0.303 e. The summed E-state index contributed by atoms with van der Waals surface area (Å²) in [7, 11) is 0. The third-order valence-electron chi connectivity index (χ3n) is 8.23. The summed E-state index contributed by atoms with van der Waals surface area (Å²) in [4.78, 5) is 11.4. The van der Waals surface area contributed by atoms with Crippen molar-refractivity contribution in [3.63, 3.8) is 0 Å². The molecule has 2 fully saturated rings. The fourth-order valence-electron chi connectivity index (χ4n) is 6.62. The molecule has 0 aromatic heterocycles. The van der Waals surface area contributed by atoms with E-state index >= 15 is 0 Å². The van der Waals surface area contributed by atoms with Crippen LogP contribution in [0, 0.1) is 40.4 Å². The second kappa shape index (κ2) is 12.6. The zero-order chi connectivity index (χ0) is 21.1. The molecular weight excluding hydrogens is 358 g/mol. The molecule has 2 saturated carbocycles. The molecule has 0 radical (unpaired) electrons. The molecule has 2 aliphatic carbocycles. The maximum Gasteiger partial charge on any atom is 0.303 e. The van der Waals surface area contributed by atoms with Crippen molar-refractivity contribution in [2.75, 3.05) is 0 Å². The molecule has 1 N–H and O–H groups in total. The predicted octanol–water partition coefficient (Wildman–Crippen LogP) is 7.74. The predicted molar refractivity (Wildman–Crippen MR) is 119 cm³/mol. The summed E-state index contributed by atoms with van der Waals surface area (Å²) in [5.41, 5.74) is 0.370. The molecule has 2 aliphatic rings. The van der Waals surface area contributed by atoms with E-state index in [9.17, 15) is 15.2 Å². The van der Waals surface area contributed by atoms with Crippen LogP contribution < -0.4 is 0 Å². The van der Waals surface area contributed by atoms with E-state index in [-0.39, 0.29) is 18.3 Å². The molecule has 29 heavy (non-hydrogen) atoms. The Balaban J connectivity index is 2.06. The Labute approximate surface area is 179 Å². The number of carboxylic acids is 1. The van der Waals surface area contributed by atoms with Gasteiger partial charge in [-0.1, -0.05) is 78.1 Å². The van der Waals surface area contributed by atoms with Crippen LogP contribution >= 0.6 is 0 Å². The van der Waals surface area contributed by atoms with Gasteiger partial charge in [-0.05, 0) is 61.7 Å². The summed E-state index contributed by atoms with van der Waals surface area (Å²) in [6.45, 7) is 4.43. The van der Waals surface area contributed by atoms with Gasteiger partial charge in [-0.25, -0.2) is 0 Å². The number of hydrogen-bond acceptors (Lipinski definition) is 2. The fraction of sp³-hybridized carbons (Fsp3) is 0.923. The van der Waals surface area contributed by atoms with Crippen molar-refractivity contribution >= 4 is 5.97 Å². The average Bonchev–Trinajstić information content (AvgIpc) is 2.73. The van der Waals surface area contributed by atoms with Gasteiger partial charge in [0.25, 0.3) is 0 Å². The van der Waals surface area contributed by atoms with Gasteiger partial charge in [0.2, 0.25) is 0 Å². The summed E-state index contributed by atoms with van der Waals surface area (Å²) < 4.78 is 0. The Morgan fingerprint density at radius 3 is 2.34 bits per heavy atom. The van der Waals surface area contributed by atoms with Crippen LogP contribution in [0.1, 0.15) is 123 Å². The van der Waals surface area contributed by atoms with Gasteiger partial charge in [-0.15, -0.1) is 0 Å². The molecule has 3 nitrogen and oxygen atoms in total. The van der Waals surface area contributed by atoms with E-state index in [1.807, 2.05) is 0 Å². The van der Waals surface area contributed by atoms with Crippen molar-refractivity contribution in [2.45, 2.75) is 123 Å². The van der Waals surface area contributed by atoms with Crippen LogP contribution in [0.4, 0.5) is 0 Å². The molecule has 0 aromatic carbocycles. The lowest BCUT2D eigenvalue weighted by Gasteiger charge is -2.51. The van der Waals surface area contributed by atoms with Gasteiger partial charge in [0.05, 0.1) is 6.07 Å². The van der Waals surface area contributed by atoms with Crippen LogP contribution in [0.5, 0.6) is 0 Å². The topological polar surface area (TPSA) is 61.1 Å². The zero-order valence-electron chi connectivity index (χ0n) is 19.1. The molecule has 0 saturated heterocycles. The third-order valence-corrected chi connectivity index (χ3v) is 8.23. The molecular formula is C26H45NO2. The van der Waals surface area contributed by atoms with E-state index in [4.69, 9.17) is 0 Å². The van der Waals surface area contributed by atoms with Crippen molar-refractivity contribution in [1.82, 2.24) is 0 Å². The van der Waals surface area contributed by atoms with Crippen LogP contribution in [-0.2, 0) is 4.79 Å². The molecule has 0 aromatic rings. The van der Waals surface area contributed by atoms with E-state index in [2.05, 4.69) is 19.9 Å². The van der Waals surface area contributed by atoms with Crippen LogP contribution in [-0.4, -0.2) is 11.1 Å². The lowest BCUT2D eigenvalue weighted by molar-refractivity contribution is -0.139. The van der Waals surface area contributed by atoms with Crippen LogP contribution in [0.25, 0.3) is 0 Å². The highest BCUT2D eigenvalue weighted by Crippen LogP contribution is 2.56. The zero-order valence-corrected chi connectivity index (χ0v) is 19.1. The highest BCUT2D eigenvalue weighted by molar-refractivity contribution is 5.67. The second-order valence-electron chi connectivity index (χ2n) is 10.3. The largest absolute Gasteiger partial charge is 0.481 e. The number of hydrogen-bond donors (Lipinski definition) is 1. The summed E-state index contributed by atoms with van der Waals surface area (Å²) in [5, 5.41) is 19.0. The molecule has 0 bridgehead atoms. The number of aliphatic carboxylic acids is 1. The van der Waals surface area contributed by atoms with Gasteiger partial charge in [0.1, 0.15) is 0 Å². The number of nitriles is 1. The molecule has 0 heterocycles. The van der Waals surface area contributed by atoms with Crippen molar-refractivity contribution in [2.24, 2.45) is 29.1 Å². The first-order chi connectivity index (χ1) is 14.0. The highest BCUT2D eigenvalue weighted by Gasteiger charge is 2.47. The van der Waals surface area contributed by atoms with E-state index < -0.39 is 5.97 Å². The number of carboxylic acid groups (broad SMARTS) is 1. The van der Waals surface area contributed by atoms with Crippen molar-refractivity contribution < 1.29 is 9.90 Å². The number of carbonyl (C=O) groups is 1. The SMILES string of the molecule is CCCCCCCCCC1(C2CC(C#N)CCC2C(C)CC(=O)O)CCCCC1. The first-order valence-corrected chi connectivity index (χ1v) is 12.6. The monoisotopic (exact) mass is 403 g/mol. The Kier molecular flexibility index (Phi) is 10.5. The summed E-state index contributed by atoms with van der Waals surface area (Å²) >= 11 is 0. The van der Waals surface area contributed by atoms with Gasteiger partial charge in [-0.3, -0.25) is 4.79 Å². The Morgan fingerprint density at radius 1 is 1.07 bits per heavy atom. The number of rotatable bonds is 12. The average molecular weight is 404 g/mol. The first kappa shape index (κ1) is 24.2. The van der Waals surface area contributed by atoms with Gasteiger partial charge >= 0.3 is 5.97 Å². The molecule has 166 valence electrons. The second-order valence-corrected chi connectivity index (χ2v) is 10.3. The van der Waals surface area contributed by atoms with Gasteiger partial charge in [0.15, 0.2) is 0 Å². The Morgan fingerprint density at radius 2 is 1.72 bits per heavy atom. The number of unbranched alkanes of at least 4 members (excludes halogenated alkanes) is 6. The van der Waals surface area contributed by atoms with Crippen LogP contribution in [0.3, 0.4) is 0 Å². The minimum atomic E-state index is -0.663. The highest BCUT2D eigenvalue weighted by atomic mass is 16.4. The maximum atomic E-state index is 11.4. The molecule has 0 amide bonds. The summed E-state index contributed by atoms with van der Waals surface area (Å²) in [6, 6.07) is 2.57.